The van der Waals surface area contributed by atoms with Crippen molar-refractivity contribution in [3.8, 4) is 11.3 Å². The van der Waals surface area contributed by atoms with Crippen molar-refractivity contribution in [3.05, 3.63) is 113 Å². The van der Waals surface area contributed by atoms with E-state index in [-0.39, 0.29) is 17.0 Å². The van der Waals surface area contributed by atoms with Crippen LogP contribution in [0.4, 0.5) is 0 Å². The molecule has 5 rings (SSSR count). The van der Waals surface area contributed by atoms with Gasteiger partial charge in [-0.25, -0.2) is 9.79 Å². The van der Waals surface area contributed by atoms with Crippen LogP contribution in [0.15, 0.2) is 80.1 Å². The summed E-state index contributed by atoms with van der Waals surface area (Å²) in [6.45, 7) is 8.52. The molecule has 10 heteroatoms. The molecule has 0 unspecified atom stereocenters. The Balaban J connectivity index is 1.62. The second-order valence-electron chi connectivity index (χ2n) is 9.65. The summed E-state index contributed by atoms with van der Waals surface area (Å²) in [7, 11) is 0. The number of carbonyl (C=O) groups is 2. The Labute approximate surface area is 245 Å². The number of likely N-dealkylation sites (N-methyl/N-ethyl adjacent to an activating group) is 1. The SMILES string of the molecule is CCN(CC)C(=O)C1=C(C)N=c2s/c(=C/c3ccc(-c4ccc(C(=O)O)cc4C)o3)c(=O)n2[C@H]1c1ccc(Cl)cc1. The number of hydrogen-bond acceptors (Lipinski definition) is 6. The maximum absolute atomic E-state index is 13.9. The number of halogens is 1. The van der Waals surface area contributed by atoms with Crippen LogP contribution < -0.4 is 14.9 Å². The standard InChI is InChI=1S/C31H28ClN3O5S/c1-5-34(6-2)29(37)26-18(4)33-31-35(27(26)19-7-10-21(32)11-8-19)28(36)25(41-31)16-22-12-14-24(40-22)23-13-9-20(30(38)39)15-17(23)3/h7-16,27H,5-6H2,1-4H3,(H,38,39)/b25-16+/t27-/m0/s1. The molecule has 210 valence electrons. The highest BCUT2D eigenvalue weighted by Gasteiger charge is 2.34. The molecule has 2 aromatic carbocycles. The van der Waals surface area contributed by atoms with Crippen LogP contribution >= 0.6 is 22.9 Å². The molecule has 1 N–H and O–H groups in total. The zero-order chi connectivity index (χ0) is 29.4. The highest BCUT2D eigenvalue weighted by atomic mass is 35.5. The topological polar surface area (TPSA) is 105 Å². The molecular weight excluding hydrogens is 562 g/mol. The number of aromatic nitrogens is 1. The Morgan fingerprint density at radius 2 is 1.80 bits per heavy atom. The molecule has 1 atom stereocenters. The lowest BCUT2D eigenvalue weighted by Gasteiger charge is -2.29. The lowest BCUT2D eigenvalue weighted by molar-refractivity contribution is -0.127. The Morgan fingerprint density at radius 3 is 2.44 bits per heavy atom. The number of nitrogens with zero attached hydrogens (tertiary/aromatic N) is 3. The predicted molar refractivity (Wildman–Crippen MR) is 159 cm³/mol. The van der Waals surface area contributed by atoms with Gasteiger partial charge in [0.1, 0.15) is 11.5 Å². The number of aromatic carboxylic acids is 1. The van der Waals surface area contributed by atoms with Gasteiger partial charge in [0.2, 0.25) is 0 Å². The Kier molecular flexibility index (Phi) is 7.84. The predicted octanol–water partition coefficient (Wildman–Crippen LogP) is 5.02. The number of carbonyl (C=O) groups excluding carboxylic acids is 1. The summed E-state index contributed by atoms with van der Waals surface area (Å²) in [6.07, 6.45) is 1.67. The number of thiazole rings is 1. The van der Waals surface area contributed by atoms with Gasteiger partial charge in [0.05, 0.1) is 27.4 Å². The van der Waals surface area contributed by atoms with Crippen LogP contribution in [0.2, 0.25) is 5.02 Å². The fourth-order valence-corrected chi connectivity index (χ4v) is 6.17. The van der Waals surface area contributed by atoms with Crippen LogP contribution in [-0.2, 0) is 4.79 Å². The van der Waals surface area contributed by atoms with Crippen molar-refractivity contribution < 1.29 is 19.1 Å². The molecule has 0 fully saturated rings. The summed E-state index contributed by atoms with van der Waals surface area (Å²) in [5.74, 6) is -0.139. The summed E-state index contributed by atoms with van der Waals surface area (Å²) in [5.41, 5.74) is 3.20. The van der Waals surface area contributed by atoms with Crippen molar-refractivity contribution in [2.75, 3.05) is 13.1 Å². The number of amides is 1. The third-order valence-electron chi connectivity index (χ3n) is 7.13. The summed E-state index contributed by atoms with van der Waals surface area (Å²) in [6, 6.07) is 14.9. The summed E-state index contributed by atoms with van der Waals surface area (Å²) >= 11 is 7.39. The van der Waals surface area contributed by atoms with Gasteiger partial charge in [0.25, 0.3) is 11.5 Å². The summed E-state index contributed by atoms with van der Waals surface area (Å²) in [5, 5.41) is 9.81. The maximum atomic E-state index is 13.9. The van der Waals surface area contributed by atoms with Crippen molar-refractivity contribution in [1.29, 1.82) is 0 Å². The van der Waals surface area contributed by atoms with E-state index in [2.05, 4.69) is 0 Å². The van der Waals surface area contributed by atoms with Crippen molar-refractivity contribution in [2.24, 2.45) is 4.99 Å². The molecule has 1 aliphatic heterocycles. The summed E-state index contributed by atoms with van der Waals surface area (Å²) < 4.78 is 8.03. The fourth-order valence-electron chi connectivity index (χ4n) is 5.01. The van der Waals surface area contributed by atoms with Gasteiger partial charge < -0.3 is 14.4 Å². The quantitative estimate of drug-likeness (QED) is 0.326. The Bertz CT molecular complexity index is 1880. The van der Waals surface area contributed by atoms with Crippen molar-refractivity contribution >= 4 is 40.9 Å². The fraction of sp³-hybridized carbons (Fsp3) is 0.226. The molecule has 0 radical (unpaired) electrons. The number of hydrogen-bond donors (Lipinski definition) is 1. The average molecular weight is 590 g/mol. The van der Waals surface area contributed by atoms with Gasteiger partial charge in [-0.1, -0.05) is 41.1 Å². The maximum Gasteiger partial charge on any atom is 0.335 e. The van der Waals surface area contributed by atoms with E-state index < -0.39 is 12.0 Å². The lowest BCUT2D eigenvalue weighted by Crippen LogP contribution is -2.43. The number of rotatable bonds is 7. The molecule has 41 heavy (non-hydrogen) atoms. The van der Waals surface area contributed by atoms with E-state index in [4.69, 9.17) is 21.0 Å². The number of carboxylic acid groups (broad SMARTS) is 1. The van der Waals surface area contributed by atoms with E-state index >= 15 is 0 Å². The molecule has 4 aromatic rings. The zero-order valence-electron chi connectivity index (χ0n) is 23.0. The minimum Gasteiger partial charge on any atom is -0.478 e. The third-order valence-corrected chi connectivity index (χ3v) is 8.36. The largest absolute Gasteiger partial charge is 0.478 e. The van der Waals surface area contributed by atoms with Crippen molar-refractivity contribution in [3.63, 3.8) is 0 Å². The first-order valence-corrected chi connectivity index (χ1v) is 14.3. The van der Waals surface area contributed by atoms with E-state index in [0.717, 1.165) is 16.7 Å². The van der Waals surface area contributed by atoms with E-state index in [1.165, 1.54) is 17.4 Å². The van der Waals surface area contributed by atoms with E-state index in [9.17, 15) is 19.5 Å². The second kappa shape index (κ2) is 11.3. The van der Waals surface area contributed by atoms with Gasteiger partial charge in [-0.2, -0.15) is 0 Å². The Morgan fingerprint density at radius 1 is 1.10 bits per heavy atom. The first-order chi connectivity index (χ1) is 19.6. The highest BCUT2D eigenvalue weighted by Crippen LogP contribution is 2.32. The monoisotopic (exact) mass is 589 g/mol. The van der Waals surface area contributed by atoms with E-state index in [0.29, 0.717) is 50.2 Å². The van der Waals surface area contributed by atoms with Gasteiger partial charge >= 0.3 is 5.97 Å². The number of allylic oxidation sites excluding steroid dienone is 1. The van der Waals surface area contributed by atoms with Crippen molar-refractivity contribution in [1.82, 2.24) is 9.47 Å². The highest BCUT2D eigenvalue weighted by molar-refractivity contribution is 7.07. The number of carboxylic acids is 1. The van der Waals surface area contributed by atoms with E-state index in [1.807, 2.05) is 32.9 Å². The van der Waals surface area contributed by atoms with Crippen molar-refractivity contribution in [2.45, 2.75) is 33.7 Å². The van der Waals surface area contributed by atoms with Crippen LogP contribution in [-0.4, -0.2) is 39.5 Å². The number of benzene rings is 2. The van der Waals surface area contributed by atoms with Gasteiger partial charge in [0, 0.05) is 29.8 Å². The van der Waals surface area contributed by atoms with Crippen LogP contribution in [0.1, 0.15) is 54.1 Å². The molecule has 0 bridgehead atoms. The molecular formula is C31H28ClN3O5S. The molecule has 1 aliphatic rings. The van der Waals surface area contributed by atoms with Gasteiger partial charge in [0.15, 0.2) is 4.80 Å². The first-order valence-electron chi connectivity index (χ1n) is 13.1. The van der Waals surface area contributed by atoms with Gasteiger partial charge in [-0.15, -0.1) is 0 Å². The van der Waals surface area contributed by atoms with Crippen LogP contribution in [0, 0.1) is 6.92 Å². The minimum absolute atomic E-state index is 0.162. The van der Waals surface area contributed by atoms with Crippen LogP contribution in [0.3, 0.4) is 0 Å². The zero-order valence-corrected chi connectivity index (χ0v) is 24.5. The minimum atomic E-state index is -0.996. The molecule has 3 heterocycles. The third kappa shape index (κ3) is 5.30. The lowest BCUT2D eigenvalue weighted by atomic mass is 9.94. The first kappa shape index (κ1) is 28.3. The van der Waals surface area contributed by atoms with Gasteiger partial charge in [-0.3, -0.25) is 14.2 Å². The average Bonchev–Trinajstić information content (AvgIpc) is 3.53. The molecule has 0 aliphatic carbocycles. The number of furan rings is 1. The number of aryl methyl sites for hydroxylation is 1. The summed E-state index contributed by atoms with van der Waals surface area (Å²) in [4.78, 5) is 45.8. The molecule has 1 amide bonds. The van der Waals surface area contributed by atoms with Crippen LogP contribution in [0.25, 0.3) is 17.4 Å². The normalized spacial score (nSPS) is 15.0. The molecule has 8 nitrogen and oxygen atoms in total. The molecule has 0 saturated heterocycles. The second-order valence-corrected chi connectivity index (χ2v) is 11.1. The molecule has 2 aromatic heterocycles. The van der Waals surface area contributed by atoms with E-state index in [1.54, 1.807) is 58.9 Å². The molecule has 0 saturated carbocycles. The van der Waals surface area contributed by atoms with Gasteiger partial charge in [-0.05, 0) is 75.2 Å². The Hall–Kier alpha value is -4.21. The van der Waals surface area contributed by atoms with Crippen LogP contribution in [0.5, 0.6) is 0 Å². The molecule has 0 spiro atoms. The number of fused-ring (bicyclic) bond motifs is 1. The smallest absolute Gasteiger partial charge is 0.335 e.